The monoisotopic (exact) mass is 1960 g/mol. The molecule has 42 heteroatoms. The summed E-state index contributed by atoms with van der Waals surface area (Å²) in [6.07, 6.45) is -7.01. The summed E-state index contributed by atoms with van der Waals surface area (Å²) in [4.78, 5) is 134. The van der Waals surface area contributed by atoms with Crippen molar-refractivity contribution in [2.45, 2.75) is 141 Å². The first-order valence-electron chi connectivity index (χ1n) is 46.1. The van der Waals surface area contributed by atoms with Gasteiger partial charge >= 0.3 is 12.4 Å². The predicted molar refractivity (Wildman–Crippen MR) is 510 cm³/mol. The van der Waals surface area contributed by atoms with Crippen molar-refractivity contribution in [3.8, 4) is 0 Å². The molecule has 4 saturated heterocycles. The summed E-state index contributed by atoms with van der Waals surface area (Å²) in [6.45, 7) is 11.2. The number of halogens is 10. The van der Waals surface area contributed by atoms with Crippen LogP contribution in [0.1, 0.15) is 148 Å². The van der Waals surface area contributed by atoms with Gasteiger partial charge in [-0.05, 0) is 199 Å². The van der Waals surface area contributed by atoms with Gasteiger partial charge in [0.2, 0.25) is 47.4 Å². The molecule has 740 valence electrons. The lowest BCUT2D eigenvalue weighted by Gasteiger charge is -2.42. The maximum absolute atomic E-state index is 13.1. The molecule has 8 N–H and O–H groups in total. The molecule has 12 aromatic rings. The smallest absolute Gasteiger partial charge is 0.396 e. The fourth-order valence-electron chi connectivity index (χ4n) is 17.3. The van der Waals surface area contributed by atoms with Gasteiger partial charge in [-0.3, -0.25) is 74.3 Å². The Morgan fingerprint density at radius 3 is 0.986 bits per heavy atom. The molecule has 6 fully saturated rings. The molecule has 31 nitrogen and oxygen atoms in total. The van der Waals surface area contributed by atoms with Crippen molar-refractivity contribution in [3.05, 3.63) is 214 Å². The minimum Gasteiger partial charge on any atom is -0.396 e. The largest absolute Gasteiger partial charge is 0.416 e. The molecular formula is C98H105F10N19O12S. The number of amides is 8. The maximum atomic E-state index is 13.1. The van der Waals surface area contributed by atoms with E-state index >= 15 is 0 Å². The molecule has 0 atom stereocenters. The zero-order valence-electron chi connectivity index (χ0n) is 76.5. The van der Waals surface area contributed by atoms with Gasteiger partial charge in [-0.2, -0.15) is 38.1 Å². The van der Waals surface area contributed by atoms with E-state index in [9.17, 15) is 103 Å². The molecule has 6 aliphatic rings. The lowest BCUT2D eigenvalue weighted by atomic mass is 9.91. The van der Waals surface area contributed by atoms with Crippen LogP contribution >= 0.6 is 11.8 Å². The van der Waals surface area contributed by atoms with Crippen molar-refractivity contribution < 1.29 is 103 Å². The van der Waals surface area contributed by atoms with E-state index in [1.807, 2.05) is 36.4 Å². The van der Waals surface area contributed by atoms with Crippen molar-refractivity contribution in [3.63, 3.8) is 0 Å². The summed E-state index contributed by atoms with van der Waals surface area (Å²) < 4.78 is 138. The quantitative estimate of drug-likeness (QED) is 0.0202. The van der Waals surface area contributed by atoms with Crippen LogP contribution < -0.4 is 40.9 Å². The van der Waals surface area contributed by atoms with Crippen LogP contribution in [0.4, 0.5) is 90.4 Å². The van der Waals surface area contributed by atoms with Gasteiger partial charge in [0.15, 0.2) is 0 Å². The average molecular weight is 1960 g/mol. The van der Waals surface area contributed by atoms with E-state index in [0.29, 0.717) is 166 Å². The highest BCUT2D eigenvalue weighted by Gasteiger charge is 2.39. The molecule has 140 heavy (non-hydrogen) atoms. The van der Waals surface area contributed by atoms with E-state index in [-0.39, 0.29) is 107 Å². The lowest BCUT2D eigenvalue weighted by Crippen LogP contribution is -2.55. The van der Waals surface area contributed by atoms with E-state index < -0.39 is 60.0 Å². The number of aryl methyl sites for hydroxylation is 4. The van der Waals surface area contributed by atoms with Crippen LogP contribution in [0, 0.1) is 0 Å². The highest BCUT2D eigenvalue weighted by atomic mass is 32.2. The number of aliphatic hydroxyl groups excluding tert-OH is 4. The van der Waals surface area contributed by atoms with Crippen LogP contribution in [0.3, 0.4) is 0 Å². The molecule has 0 spiro atoms. The number of aromatic nitrogens is 8. The number of rotatable bonds is 29. The second kappa shape index (κ2) is 44.9. The lowest BCUT2D eigenvalue weighted by molar-refractivity contribution is -0.138. The van der Waals surface area contributed by atoms with Crippen molar-refractivity contribution in [1.82, 2.24) is 52.9 Å². The molecule has 2 saturated carbocycles. The standard InChI is InChI=1S/C26H29F2N5O3.C25H26F3N5O3.C25H29F2N5O3.C22H21F3N4O3S/c27-24(28)17-4-1-5-18(14-17)25(36)30-26-29-21-15-20(8-9-22(21)33(26)10-3-13-34)32-12-11-31(16-23(32)35)19-6-2-7-19;26-25(27,28)17-4-1-3-16(13-17)23(36)30-24-29-20-14-19(7-8-21(20)33(24)9-2-12-34)32-11-10-31(15-22(32)35)18-5-6-18;1-16(2)30-10-11-31(22(34)15-30)19-7-8-21-20(14-19)28-25(32(21)9-4-12-33)29-24(35)18-6-3-5-17(13-18)23(26)27;23-22(24,25)15-4-1-3-14(11-15)20(32)27-21-26-17-12-16(28-8-10-33-13-19(28)31)5-6-18(17)29(21)7-2-9-30/h1,4-5,8-9,14-15,19,24,34H,2-3,6-7,10-13,16H2,(H,29,30,36);1,3-4,7-8,13-14,18,34H,2,5-6,9-12,15H2,(H,29,30,36);3,5-8,13-14,16,23,33H,4,9-12,15H2,1-2H3,(H,28,29,35);1,3-6,11-12,30H,2,7-10,13H2,(H,26,27,32). The summed E-state index contributed by atoms with van der Waals surface area (Å²) in [5.41, 5.74) is 5.49. The van der Waals surface area contributed by atoms with Gasteiger partial charge in [-0.1, -0.05) is 42.8 Å². The molecule has 8 amide bonds. The number of carbonyl (C=O) groups excluding carboxylic acids is 8. The summed E-state index contributed by atoms with van der Waals surface area (Å²) in [5.74, 6) is -0.453. The minimum atomic E-state index is -4.57. The van der Waals surface area contributed by atoms with Crippen LogP contribution in [0.25, 0.3) is 44.1 Å². The number of carbonyl (C=O) groups is 8. The van der Waals surface area contributed by atoms with Crippen LogP contribution in [0.2, 0.25) is 0 Å². The molecule has 8 heterocycles. The Hall–Kier alpha value is -13.2. The van der Waals surface area contributed by atoms with Crippen molar-refractivity contribution in [2.75, 3.05) is 144 Å². The van der Waals surface area contributed by atoms with Gasteiger partial charge in [-0.15, -0.1) is 0 Å². The summed E-state index contributed by atoms with van der Waals surface area (Å²) in [6, 6.07) is 42.0. The van der Waals surface area contributed by atoms with Crippen molar-refractivity contribution in [2.24, 2.45) is 0 Å². The minimum absolute atomic E-state index is 0.00314. The number of aliphatic hydroxyl groups is 4. The number of anilines is 8. The molecule has 4 aromatic heterocycles. The first-order chi connectivity index (χ1) is 67.2. The van der Waals surface area contributed by atoms with Crippen molar-refractivity contribution >= 4 is 150 Å². The summed E-state index contributed by atoms with van der Waals surface area (Å²) in [5, 5.41) is 47.9. The molecule has 8 aromatic carbocycles. The van der Waals surface area contributed by atoms with Gasteiger partial charge in [-0.25, -0.2) is 37.5 Å². The summed E-state index contributed by atoms with van der Waals surface area (Å²) >= 11 is 1.58. The first kappa shape index (κ1) is 101. The van der Waals surface area contributed by atoms with Gasteiger partial charge < -0.3 is 58.3 Å². The van der Waals surface area contributed by atoms with Gasteiger partial charge in [0, 0.05) is 178 Å². The number of imidazole rings is 4. The zero-order valence-corrected chi connectivity index (χ0v) is 77.3. The Kier molecular flexibility index (Phi) is 32.5. The first-order valence-corrected chi connectivity index (χ1v) is 47.2. The normalized spacial score (nSPS) is 16.0. The zero-order chi connectivity index (χ0) is 99.4. The summed E-state index contributed by atoms with van der Waals surface area (Å²) in [7, 11) is 0. The molecule has 0 radical (unpaired) electrons. The van der Waals surface area contributed by atoms with E-state index in [1.54, 1.807) is 86.0 Å². The highest BCUT2D eigenvalue weighted by Crippen LogP contribution is 2.38. The molecule has 18 rings (SSSR count). The number of hydrogen-bond donors (Lipinski definition) is 8. The predicted octanol–water partition coefficient (Wildman–Crippen LogP) is 14.7. The van der Waals surface area contributed by atoms with Crippen LogP contribution in [0.15, 0.2) is 170 Å². The molecular weight excluding hydrogens is 1860 g/mol. The Labute approximate surface area is 801 Å². The van der Waals surface area contributed by atoms with Crippen molar-refractivity contribution in [1.29, 1.82) is 0 Å². The average Bonchev–Trinajstić information content (AvgIpc) is 1.64. The van der Waals surface area contributed by atoms with Gasteiger partial charge in [0.05, 0.1) is 80.6 Å². The van der Waals surface area contributed by atoms with E-state index in [2.05, 4.69) is 69.8 Å². The fraction of sp³-hybridized carbons (Fsp3) is 0.388. The third-order valence-corrected chi connectivity index (χ3v) is 26.0. The Bertz CT molecular complexity index is 6540. The van der Waals surface area contributed by atoms with E-state index in [0.717, 1.165) is 110 Å². The molecule has 4 aliphatic heterocycles. The number of nitrogens with zero attached hydrogens (tertiary/aromatic N) is 15. The van der Waals surface area contributed by atoms with Crippen LogP contribution in [0.5, 0.6) is 0 Å². The Morgan fingerprint density at radius 2 is 0.700 bits per heavy atom. The van der Waals surface area contributed by atoms with Gasteiger partial charge in [0.1, 0.15) is 0 Å². The number of alkyl halides is 10. The van der Waals surface area contributed by atoms with Gasteiger partial charge in [0.25, 0.3) is 36.5 Å². The number of benzene rings is 8. The van der Waals surface area contributed by atoms with E-state index in [4.69, 9.17) is 0 Å². The third-order valence-electron chi connectivity index (χ3n) is 25.1. The Morgan fingerprint density at radius 1 is 0.386 bits per heavy atom. The molecule has 0 unspecified atom stereocenters. The van der Waals surface area contributed by atoms with Crippen LogP contribution in [-0.4, -0.2) is 242 Å². The number of thioether (sulfide) groups is 1. The topological polar surface area (TPSA) is 360 Å². The second-order valence-electron chi connectivity index (χ2n) is 34.7. The maximum Gasteiger partial charge on any atom is 0.416 e. The SMILES string of the molecule is CC(C)N1CCN(c2ccc3c(c2)nc(NC(=O)c2cccc(C(F)F)c2)n3CCCO)C(=O)C1.O=C(Nc1nc2cc(N3CCN(C4CC4)CC3=O)ccc2n1CCCO)c1cccc(C(F)(F)F)c1.O=C(Nc1nc2cc(N3CCN(C4CCC4)CC3=O)ccc2n1CCCO)c1cccc(C(F)F)c1.O=C(Nc1nc2cc(N3CCSCC3=O)ccc2n1CCCO)c1cccc(C(F)(F)F)c1. The number of hydrogen-bond acceptors (Lipinski definition) is 20. The van der Waals surface area contributed by atoms with E-state index in [1.165, 1.54) is 67.1 Å². The fourth-order valence-corrected chi connectivity index (χ4v) is 18.1. The van der Waals surface area contributed by atoms with Crippen LogP contribution in [-0.2, 0) is 57.7 Å². The molecule has 0 bridgehead atoms. The third kappa shape index (κ3) is 24.1. The highest BCUT2D eigenvalue weighted by molar-refractivity contribution is 8.00. The Balaban J connectivity index is 0.000000141. The number of piperazine rings is 3. The number of fused-ring (bicyclic) bond motifs is 4. The second-order valence-corrected chi connectivity index (χ2v) is 35.8. The number of nitrogens with one attached hydrogen (secondary N) is 4. The molecule has 2 aliphatic carbocycles.